The van der Waals surface area contributed by atoms with Crippen LogP contribution in [0.1, 0.15) is 0 Å². The topological polar surface area (TPSA) is 97.2 Å². The van der Waals surface area contributed by atoms with Crippen molar-refractivity contribution in [3.8, 4) is 11.3 Å². The van der Waals surface area contributed by atoms with Gasteiger partial charge in [-0.15, -0.1) is 0 Å². The quantitative estimate of drug-likeness (QED) is 0.690. The van der Waals surface area contributed by atoms with Crippen molar-refractivity contribution in [1.82, 2.24) is 25.1 Å². The molecule has 0 spiro atoms. The maximum absolute atomic E-state index is 4.80. The lowest BCUT2D eigenvalue weighted by Gasteiger charge is -2.29. The lowest BCUT2D eigenvalue weighted by molar-refractivity contribution is 0.299. The molecule has 0 aliphatic carbocycles. The first-order valence-electron chi connectivity index (χ1n) is 10.2. The molecular formula is C22H21N9. The molecule has 6 rings (SSSR count). The van der Waals surface area contributed by atoms with Crippen LogP contribution in [-0.2, 0) is 0 Å². The summed E-state index contributed by atoms with van der Waals surface area (Å²) in [5.74, 6) is 1.97. The van der Waals surface area contributed by atoms with Crippen LogP contribution in [0.5, 0.6) is 0 Å². The second-order valence-electron chi connectivity index (χ2n) is 7.88. The highest BCUT2D eigenvalue weighted by molar-refractivity contribution is 6.45. The summed E-state index contributed by atoms with van der Waals surface area (Å²) in [7, 11) is 2.00. The number of hydrogen-bond donors (Lipinski definition) is 2. The molecule has 5 heterocycles. The van der Waals surface area contributed by atoms with Crippen LogP contribution >= 0.6 is 0 Å². The van der Waals surface area contributed by atoms with Crippen LogP contribution in [-0.4, -0.2) is 69.2 Å². The number of amidine groups is 2. The van der Waals surface area contributed by atoms with Gasteiger partial charge in [0.05, 0.1) is 18.1 Å². The minimum atomic E-state index is 0.266. The Bertz CT molecular complexity index is 1250. The van der Waals surface area contributed by atoms with Crippen molar-refractivity contribution in [2.24, 2.45) is 21.0 Å². The molecule has 1 aromatic carbocycles. The van der Waals surface area contributed by atoms with Gasteiger partial charge in [-0.2, -0.15) is 10.2 Å². The summed E-state index contributed by atoms with van der Waals surface area (Å²) in [6.45, 7) is 1.64. The molecule has 0 radical (unpaired) electrons. The molecule has 2 aromatic heterocycles. The predicted molar refractivity (Wildman–Crippen MR) is 122 cm³/mol. The fourth-order valence-corrected chi connectivity index (χ4v) is 4.33. The largest absolute Gasteiger partial charge is 0.337 e. The average molecular weight is 411 g/mol. The molecular weight excluding hydrogens is 390 g/mol. The standard InChI is InChI=1S/C22H21N9/c1-30-13-15(11-26-30)19-12-25-22-21(24-8-9-31(19)22)27-16-2-3-18-17(10-16)20(29-28-18)14-4-6-23-7-5-14/h2-11,15,19H,12-13H2,1H3,(H,24,27)(H,28,29). The van der Waals surface area contributed by atoms with Crippen molar-refractivity contribution in [2.45, 2.75) is 6.04 Å². The number of hydrogen-bond acceptors (Lipinski definition) is 8. The number of rotatable bonds is 3. The van der Waals surface area contributed by atoms with Crippen LogP contribution in [0.2, 0.25) is 0 Å². The number of benzene rings is 1. The normalized spacial score (nSPS) is 22.1. The Morgan fingerprint density at radius 2 is 2.06 bits per heavy atom. The first kappa shape index (κ1) is 17.8. The third-order valence-corrected chi connectivity index (χ3v) is 5.88. The van der Waals surface area contributed by atoms with Gasteiger partial charge in [-0.3, -0.25) is 20.1 Å². The van der Waals surface area contributed by atoms with Gasteiger partial charge in [0, 0.05) is 67.2 Å². The molecule has 3 aliphatic rings. The number of fused-ring (bicyclic) bond motifs is 2. The Hall–Kier alpha value is -4.01. The van der Waals surface area contributed by atoms with E-state index in [9.17, 15) is 0 Å². The van der Waals surface area contributed by atoms with Gasteiger partial charge < -0.3 is 10.2 Å². The molecule has 3 aromatic rings. The maximum Gasteiger partial charge on any atom is 0.173 e. The number of nitrogens with one attached hydrogen (secondary N) is 2. The third-order valence-electron chi connectivity index (χ3n) is 5.88. The van der Waals surface area contributed by atoms with Crippen LogP contribution < -0.4 is 5.32 Å². The minimum absolute atomic E-state index is 0.266. The molecule has 2 atom stereocenters. The summed E-state index contributed by atoms with van der Waals surface area (Å²) < 4.78 is 0. The van der Waals surface area contributed by atoms with Gasteiger partial charge in [0.2, 0.25) is 0 Å². The highest BCUT2D eigenvalue weighted by Crippen LogP contribution is 2.29. The van der Waals surface area contributed by atoms with Crippen molar-refractivity contribution in [1.29, 1.82) is 0 Å². The van der Waals surface area contributed by atoms with Crippen LogP contribution in [0.15, 0.2) is 70.2 Å². The van der Waals surface area contributed by atoms with E-state index in [1.165, 1.54) is 0 Å². The van der Waals surface area contributed by atoms with E-state index < -0.39 is 0 Å². The number of nitrogens with zero attached hydrogens (tertiary/aromatic N) is 7. The molecule has 3 aliphatic heterocycles. The van der Waals surface area contributed by atoms with Crippen LogP contribution in [0.3, 0.4) is 0 Å². The number of pyridine rings is 1. The van der Waals surface area contributed by atoms with Crippen molar-refractivity contribution in [3.05, 3.63) is 55.1 Å². The summed E-state index contributed by atoms with van der Waals surface area (Å²) in [5, 5.41) is 18.5. The number of aliphatic imine (C=N–C) groups is 2. The molecule has 0 bridgehead atoms. The van der Waals surface area contributed by atoms with Gasteiger partial charge in [-0.25, -0.2) is 4.99 Å². The van der Waals surface area contributed by atoms with Gasteiger partial charge in [0.1, 0.15) is 5.69 Å². The van der Waals surface area contributed by atoms with Gasteiger partial charge in [0.15, 0.2) is 11.7 Å². The number of aromatic amines is 1. The number of aromatic nitrogens is 3. The molecule has 2 N–H and O–H groups in total. The molecule has 9 nitrogen and oxygen atoms in total. The van der Waals surface area contributed by atoms with Crippen LogP contribution in [0.25, 0.3) is 22.2 Å². The van der Waals surface area contributed by atoms with Crippen LogP contribution in [0.4, 0.5) is 5.69 Å². The Labute approximate surface area is 178 Å². The predicted octanol–water partition coefficient (Wildman–Crippen LogP) is 2.55. The minimum Gasteiger partial charge on any atom is -0.337 e. The van der Waals surface area contributed by atoms with Gasteiger partial charge in [0.25, 0.3) is 0 Å². The summed E-state index contributed by atoms with van der Waals surface area (Å²) in [4.78, 5) is 15.7. The number of anilines is 1. The second-order valence-corrected chi connectivity index (χ2v) is 7.88. The van der Waals surface area contributed by atoms with E-state index in [1.807, 2.05) is 54.9 Å². The maximum atomic E-state index is 4.80. The Morgan fingerprint density at radius 1 is 1.16 bits per heavy atom. The lowest BCUT2D eigenvalue weighted by Crippen LogP contribution is -2.45. The fourth-order valence-electron chi connectivity index (χ4n) is 4.33. The third kappa shape index (κ3) is 3.05. The molecule has 154 valence electrons. The first-order chi connectivity index (χ1) is 15.3. The van der Waals surface area contributed by atoms with E-state index in [-0.39, 0.29) is 6.04 Å². The van der Waals surface area contributed by atoms with E-state index >= 15 is 0 Å². The van der Waals surface area contributed by atoms with Gasteiger partial charge in [-0.1, -0.05) is 0 Å². The monoisotopic (exact) mass is 411 g/mol. The molecule has 2 unspecified atom stereocenters. The van der Waals surface area contributed by atoms with Crippen molar-refractivity contribution in [2.75, 3.05) is 25.5 Å². The zero-order valence-electron chi connectivity index (χ0n) is 17.0. The Balaban J connectivity index is 1.27. The van der Waals surface area contributed by atoms with Crippen LogP contribution in [0, 0.1) is 5.92 Å². The second kappa shape index (κ2) is 7.05. The molecule has 0 saturated heterocycles. The number of hydrazone groups is 1. The Kier molecular flexibility index (Phi) is 4.05. The summed E-state index contributed by atoms with van der Waals surface area (Å²) in [6, 6.07) is 10.3. The molecule has 0 fully saturated rings. The lowest BCUT2D eigenvalue weighted by atomic mass is 10.0. The van der Waals surface area contributed by atoms with Crippen molar-refractivity contribution in [3.63, 3.8) is 0 Å². The molecule has 0 amide bonds. The fraction of sp³-hybridized carbons (Fsp3) is 0.227. The van der Waals surface area contributed by atoms with E-state index in [1.54, 1.807) is 12.4 Å². The van der Waals surface area contributed by atoms with E-state index in [4.69, 9.17) is 4.99 Å². The Morgan fingerprint density at radius 3 is 2.90 bits per heavy atom. The smallest absolute Gasteiger partial charge is 0.173 e. The van der Waals surface area contributed by atoms with Gasteiger partial charge in [-0.05, 0) is 30.3 Å². The van der Waals surface area contributed by atoms with E-state index in [2.05, 4.69) is 41.6 Å². The molecule has 9 heteroatoms. The average Bonchev–Trinajstić information content (AvgIpc) is 3.52. The summed E-state index contributed by atoms with van der Waals surface area (Å²) in [6.07, 6.45) is 9.42. The SMILES string of the molecule is CN1CC(C2CN=C3C(Nc4ccc5[nH]nc(-c6ccncc6)c5c4)=NC=CN32)C=N1. The molecule has 0 saturated carbocycles. The zero-order valence-corrected chi connectivity index (χ0v) is 17.0. The summed E-state index contributed by atoms with van der Waals surface area (Å²) in [5.41, 5.74) is 3.84. The van der Waals surface area contributed by atoms with Crippen molar-refractivity contribution >= 4 is 34.5 Å². The van der Waals surface area contributed by atoms with Crippen molar-refractivity contribution < 1.29 is 0 Å². The molecule has 31 heavy (non-hydrogen) atoms. The summed E-state index contributed by atoms with van der Waals surface area (Å²) >= 11 is 0. The highest BCUT2D eigenvalue weighted by Gasteiger charge is 2.37. The number of H-pyrrole nitrogens is 1. The van der Waals surface area contributed by atoms with E-state index in [0.717, 1.165) is 52.6 Å². The van der Waals surface area contributed by atoms with E-state index in [0.29, 0.717) is 5.92 Å². The zero-order chi connectivity index (χ0) is 20.8. The van der Waals surface area contributed by atoms with Gasteiger partial charge >= 0.3 is 0 Å². The first-order valence-corrected chi connectivity index (χ1v) is 10.2. The highest BCUT2D eigenvalue weighted by atomic mass is 15.5.